The number of nitrogens with zero attached hydrogens (tertiary/aromatic N) is 3. The van der Waals surface area contributed by atoms with Gasteiger partial charge in [0, 0.05) is 51.0 Å². The third kappa shape index (κ3) is 4.15. The molecule has 2 saturated heterocycles. The van der Waals surface area contributed by atoms with Crippen LogP contribution in [0.3, 0.4) is 0 Å². The first kappa shape index (κ1) is 18.6. The Labute approximate surface area is 150 Å². The van der Waals surface area contributed by atoms with Crippen LogP contribution < -0.4 is 4.90 Å². The molecule has 0 aromatic heterocycles. The second-order valence-electron chi connectivity index (χ2n) is 6.98. The zero-order chi connectivity index (χ0) is 18.0. The SMILES string of the molecule is CCS(=O)(=O)N1CCN(C2CCN(c3ccc(F)cc3C)CC2)CC1. The van der Waals surface area contributed by atoms with E-state index in [1.165, 1.54) is 6.07 Å². The Morgan fingerprint density at radius 1 is 1.08 bits per heavy atom. The van der Waals surface area contributed by atoms with Crippen molar-refractivity contribution >= 4 is 15.7 Å². The molecule has 1 aromatic carbocycles. The lowest BCUT2D eigenvalue weighted by atomic mass is 10.0. The number of hydrogen-bond donors (Lipinski definition) is 0. The molecule has 2 aliphatic rings. The second kappa shape index (κ2) is 7.60. The van der Waals surface area contributed by atoms with E-state index >= 15 is 0 Å². The first-order chi connectivity index (χ1) is 11.9. The highest BCUT2D eigenvalue weighted by Crippen LogP contribution is 2.26. The molecule has 0 bridgehead atoms. The van der Waals surface area contributed by atoms with E-state index in [0.29, 0.717) is 19.1 Å². The summed E-state index contributed by atoms with van der Waals surface area (Å²) in [6.07, 6.45) is 2.13. The molecule has 2 fully saturated rings. The van der Waals surface area contributed by atoms with Crippen molar-refractivity contribution in [3.8, 4) is 0 Å². The highest BCUT2D eigenvalue weighted by molar-refractivity contribution is 7.89. The van der Waals surface area contributed by atoms with Crippen LogP contribution in [-0.4, -0.2) is 68.7 Å². The van der Waals surface area contributed by atoms with E-state index in [0.717, 1.165) is 50.3 Å². The van der Waals surface area contributed by atoms with E-state index in [4.69, 9.17) is 0 Å². The monoisotopic (exact) mass is 369 g/mol. The van der Waals surface area contributed by atoms with Crippen LogP contribution >= 0.6 is 0 Å². The predicted octanol–water partition coefficient (Wildman–Crippen LogP) is 2.07. The Morgan fingerprint density at radius 3 is 2.28 bits per heavy atom. The molecule has 2 heterocycles. The summed E-state index contributed by atoms with van der Waals surface area (Å²) in [7, 11) is -3.06. The van der Waals surface area contributed by atoms with Crippen LogP contribution in [0.15, 0.2) is 18.2 Å². The largest absolute Gasteiger partial charge is 0.371 e. The number of benzene rings is 1. The average molecular weight is 370 g/mol. The Bertz CT molecular complexity index is 694. The van der Waals surface area contributed by atoms with Gasteiger partial charge < -0.3 is 4.90 Å². The second-order valence-corrected chi connectivity index (χ2v) is 9.24. The van der Waals surface area contributed by atoms with Crippen LogP contribution in [0, 0.1) is 12.7 Å². The van der Waals surface area contributed by atoms with Gasteiger partial charge in [0.1, 0.15) is 5.82 Å². The highest BCUT2D eigenvalue weighted by atomic mass is 32.2. The normalized spacial score (nSPS) is 21.6. The molecule has 0 saturated carbocycles. The van der Waals surface area contributed by atoms with Gasteiger partial charge in [0.05, 0.1) is 5.75 Å². The summed E-state index contributed by atoms with van der Waals surface area (Å²) in [5, 5.41) is 0. The van der Waals surface area contributed by atoms with Gasteiger partial charge in [-0.2, -0.15) is 4.31 Å². The average Bonchev–Trinajstić information content (AvgIpc) is 2.62. The minimum Gasteiger partial charge on any atom is -0.371 e. The van der Waals surface area contributed by atoms with Gasteiger partial charge in [0.2, 0.25) is 10.0 Å². The number of anilines is 1. The van der Waals surface area contributed by atoms with Crippen molar-refractivity contribution in [1.82, 2.24) is 9.21 Å². The Hall–Kier alpha value is -1.18. The molecule has 0 amide bonds. The van der Waals surface area contributed by atoms with Gasteiger partial charge in [-0.1, -0.05) is 0 Å². The molecule has 0 spiro atoms. The van der Waals surface area contributed by atoms with Crippen molar-refractivity contribution in [2.24, 2.45) is 0 Å². The van der Waals surface area contributed by atoms with Crippen molar-refractivity contribution in [1.29, 1.82) is 0 Å². The van der Waals surface area contributed by atoms with E-state index < -0.39 is 10.0 Å². The summed E-state index contributed by atoms with van der Waals surface area (Å²) in [6.45, 7) is 8.43. The third-order valence-electron chi connectivity index (χ3n) is 5.51. The lowest BCUT2D eigenvalue weighted by molar-refractivity contribution is 0.120. The fraction of sp³-hybridized carbons (Fsp3) is 0.667. The summed E-state index contributed by atoms with van der Waals surface area (Å²) in [5.41, 5.74) is 2.11. The minimum atomic E-state index is -3.06. The Balaban J connectivity index is 1.53. The zero-order valence-electron chi connectivity index (χ0n) is 15.1. The van der Waals surface area contributed by atoms with E-state index in [1.54, 1.807) is 17.3 Å². The molecule has 0 atom stereocenters. The molecule has 25 heavy (non-hydrogen) atoms. The molecular formula is C18H28FN3O2S. The standard InChI is InChI=1S/C18H28FN3O2S/c1-3-25(23,24)22-12-10-20(11-13-22)17-6-8-21(9-7-17)18-5-4-16(19)14-15(18)2/h4-5,14,17H,3,6-13H2,1-2H3. The number of hydrogen-bond acceptors (Lipinski definition) is 4. The van der Waals surface area contributed by atoms with Crippen molar-refractivity contribution in [2.45, 2.75) is 32.7 Å². The van der Waals surface area contributed by atoms with Crippen LogP contribution in [0.1, 0.15) is 25.3 Å². The zero-order valence-corrected chi connectivity index (χ0v) is 15.9. The summed E-state index contributed by atoms with van der Waals surface area (Å²) in [4.78, 5) is 4.78. The van der Waals surface area contributed by atoms with Gasteiger partial charge in [-0.05, 0) is 50.5 Å². The van der Waals surface area contributed by atoms with Crippen molar-refractivity contribution in [3.63, 3.8) is 0 Å². The fourth-order valence-corrected chi connectivity index (χ4v) is 5.06. The number of sulfonamides is 1. The van der Waals surface area contributed by atoms with Crippen LogP contribution in [0.25, 0.3) is 0 Å². The summed E-state index contributed by atoms with van der Waals surface area (Å²) in [6, 6.07) is 5.51. The molecule has 1 aromatic rings. The maximum absolute atomic E-state index is 13.3. The van der Waals surface area contributed by atoms with Crippen LogP contribution in [0.2, 0.25) is 0 Å². The topological polar surface area (TPSA) is 43.9 Å². The molecule has 0 aliphatic carbocycles. The molecule has 2 aliphatic heterocycles. The predicted molar refractivity (Wildman–Crippen MR) is 99.0 cm³/mol. The van der Waals surface area contributed by atoms with Crippen molar-refractivity contribution in [2.75, 3.05) is 49.9 Å². The first-order valence-electron chi connectivity index (χ1n) is 9.13. The van der Waals surface area contributed by atoms with Crippen LogP contribution in [0.5, 0.6) is 0 Å². The van der Waals surface area contributed by atoms with Crippen molar-refractivity contribution in [3.05, 3.63) is 29.6 Å². The molecule has 7 heteroatoms. The smallest absolute Gasteiger partial charge is 0.213 e. The van der Waals surface area contributed by atoms with Crippen LogP contribution in [-0.2, 0) is 10.0 Å². The molecule has 5 nitrogen and oxygen atoms in total. The van der Waals surface area contributed by atoms with E-state index in [-0.39, 0.29) is 11.6 Å². The number of piperidine rings is 1. The summed E-state index contributed by atoms with van der Waals surface area (Å²) >= 11 is 0. The number of aryl methyl sites for hydroxylation is 1. The number of rotatable bonds is 4. The maximum Gasteiger partial charge on any atom is 0.213 e. The lowest BCUT2D eigenvalue weighted by Gasteiger charge is -2.43. The quantitative estimate of drug-likeness (QED) is 0.815. The molecule has 0 unspecified atom stereocenters. The summed E-state index contributed by atoms with van der Waals surface area (Å²) in [5.74, 6) is -0.00128. The van der Waals surface area contributed by atoms with Gasteiger partial charge >= 0.3 is 0 Å². The van der Waals surface area contributed by atoms with Gasteiger partial charge in [-0.15, -0.1) is 0 Å². The highest BCUT2D eigenvalue weighted by Gasteiger charge is 2.31. The van der Waals surface area contributed by atoms with Gasteiger partial charge in [0.15, 0.2) is 0 Å². The van der Waals surface area contributed by atoms with Gasteiger partial charge in [-0.25, -0.2) is 12.8 Å². The third-order valence-corrected chi connectivity index (χ3v) is 7.39. The van der Waals surface area contributed by atoms with Crippen LogP contribution in [0.4, 0.5) is 10.1 Å². The van der Waals surface area contributed by atoms with Crippen molar-refractivity contribution < 1.29 is 12.8 Å². The van der Waals surface area contributed by atoms with E-state index in [9.17, 15) is 12.8 Å². The Kier molecular flexibility index (Phi) is 5.65. The molecule has 0 radical (unpaired) electrons. The van der Waals surface area contributed by atoms with E-state index in [2.05, 4.69) is 9.80 Å². The van der Waals surface area contributed by atoms with Gasteiger partial charge in [0.25, 0.3) is 0 Å². The molecule has 140 valence electrons. The number of piperazine rings is 1. The maximum atomic E-state index is 13.3. The number of halogens is 1. The first-order valence-corrected chi connectivity index (χ1v) is 10.7. The minimum absolute atomic E-state index is 0.183. The Morgan fingerprint density at radius 2 is 1.72 bits per heavy atom. The molecule has 3 rings (SSSR count). The van der Waals surface area contributed by atoms with Gasteiger partial charge in [-0.3, -0.25) is 4.90 Å². The molecule has 0 N–H and O–H groups in total. The van der Waals surface area contributed by atoms with E-state index in [1.807, 2.05) is 13.0 Å². The lowest BCUT2D eigenvalue weighted by Crippen LogP contribution is -2.54. The summed E-state index contributed by atoms with van der Waals surface area (Å²) < 4.78 is 38.8. The molecular weight excluding hydrogens is 341 g/mol. The fourth-order valence-electron chi connectivity index (χ4n) is 3.98.